The van der Waals surface area contributed by atoms with Crippen molar-refractivity contribution < 1.29 is 5.11 Å². The average Bonchev–Trinajstić information content (AvgIpc) is 2.28. The van der Waals surface area contributed by atoms with Gasteiger partial charge in [-0.05, 0) is 12.1 Å². The molecule has 0 saturated heterocycles. The smallest absolute Gasteiger partial charge is 0.295 e. The molecule has 16 heavy (non-hydrogen) atoms. The Bertz CT molecular complexity index is 496. The second-order valence-electron chi connectivity index (χ2n) is 2.88. The molecule has 2 rings (SSSR count). The van der Waals surface area contributed by atoms with E-state index < -0.39 is 11.3 Å². The molecule has 0 aliphatic rings. The topological polar surface area (TPSA) is 118 Å². The molecule has 0 saturated carbocycles. The number of H-pyrrole nitrogens is 1. The van der Waals surface area contributed by atoms with Gasteiger partial charge in [-0.25, -0.2) is 4.98 Å². The van der Waals surface area contributed by atoms with Crippen LogP contribution in [0.5, 0.6) is 5.75 Å². The van der Waals surface area contributed by atoms with Crippen molar-refractivity contribution >= 4 is 11.5 Å². The lowest BCUT2D eigenvalue weighted by molar-refractivity contribution is 0.466. The maximum Gasteiger partial charge on any atom is 0.295 e. The van der Waals surface area contributed by atoms with Gasteiger partial charge >= 0.3 is 0 Å². The quantitative estimate of drug-likeness (QED) is 0.477. The number of nitrogens with one attached hydrogen (secondary N) is 1. The summed E-state index contributed by atoms with van der Waals surface area (Å²) in [6.07, 6.45) is 1.12. The van der Waals surface area contributed by atoms with Gasteiger partial charge in [0.15, 0.2) is 5.82 Å². The number of benzene rings is 1. The lowest BCUT2D eigenvalue weighted by atomic mass is 10.3. The van der Waals surface area contributed by atoms with Gasteiger partial charge in [0.05, 0.1) is 6.33 Å². The van der Waals surface area contributed by atoms with Crippen molar-refractivity contribution in [2.75, 3.05) is 11.5 Å². The molecule has 0 unspecified atom stereocenters. The number of aromatic nitrogens is 2. The van der Waals surface area contributed by atoms with Gasteiger partial charge in [-0.15, -0.1) is 0 Å². The lowest BCUT2D eigenvalue weighted by Crippen LogP contribution is -2.07. The predicted molar refractivity (Wildman–Crippen MR) is 61.8 cm³/mol. The van der Waals surface area contributed by atoms with Crippen molar-refractivity contribution in [2.45, 2.75) is 0 Å². The number of hydrogen-bond donors (Lipinski definition) is 4. The van der Waals surface area contributed by atoms with E-state index in [0.717, 1.165) is 12.0 Å². The van der Waals surface area contributed by atoms with E-state index in [2.05, 4.69) is 9.97 Å². The lowest BCUT2D eigenvalue weighted by Gasteiger charge is -1.91. The van der Waals surface area contributed by atoms with Crippen LogP contribution in [0.1, 0.15) is 0 Å². The molecule has 0 atom stereocenters. The second-order valence-corrected chi connectivity index (χ2v) is 2.88. The normalized spacial score (nSPS) is 9.00. The maximum atomic E-state index is 10.4. The highest BCUT2D eigenvalue weighted by Gasteiger charge is 1.98. The molecule has 0 aliphatic carbocycles. The molecule has 1 aromatic heterocycles. The van der Waals surface area contributed by atoms with Crippen LogP contribution in [0.25, 0.3) is 0 Å². The zero-order chi connectivity index (χ0) is 12.0. The number of nitrogens with two attached hydrogens (primary N) is 2. The first-order valence-electron chi connectivity index (χ1n) is 4.44. The van der Waals surface area contributed by atoms with E-state index in [4.69, 9.17) is 16.6 Å². The summed E-state index contributed by atoms with van der Waals surface area (Å²) >= 11 is 0. The minimum Gasteiger partial charge on any atom is -0.500 e. The molecule has 0 bridgehead atoms. The molecule has 0 radical (unpaired) electrons. The number of anilines is 2. The summed E-state index contributed by atoms with van der Waals surface area (Å²) in [5, 5.41) is 8.68. The van der Waals surface area contributed by atoms with Crippen LogP contribution in [-0.2, 0) is 0 Å². The van der Waals surface area contributed by atoms with E-state index in [-0.39, 0.29) is 5.82 Å². The van der Waals surface area contributed by atoms with Gasteiger partial charge in [-0.1, -0.05) is 18.2 Å². The van der Waals surface area contributed by atoms with Gasteiger partial charge in [-0.3, -0.25) is 4.79 Å². The molecule has 1 heterocycles. The van der Waals surface area contributed by atoms with Crippen molar-refractivity contribution in [3.63, 3.8) is 0 Å². The standard InChI is InChI=1S/C6H7N.C4H5N3O2/c7-6-4-2-1-3-5-6;5-3-2(8)4(9)7-1-6-3/h1-5H,7H2;1,8H,(H3,5,6,7,9). The Morgan fingerprint density at radius 1 is 1.19 bits per heavy atom. The number of para-hydroxylation sites is 1. The SMILES string of the molecule is Nc1ccccc1.Nc1nc[nH]c(=O)c1O. The summed E-state index contributed by atoms with van der Waals surface area (Å²) in [5.74, 6) is -0.684. The first kappa shape index (κ1) is 11.6. The summed E-state index contributed by atoms with van der Waals surface area (Å²) in [4.78, 5) is 16.0. The number of aromatic amines is 1. The molecule has 0 amide bonds. The largest absolute Gasteiger partial charge is 0.500 e. The molecule has 6 N–H and O–H groups in total. The molecule has 2 aromatic rings. The fourth-order valence-electron chi connectivity index (χ4n) is 0.859. The highest BCUT2D eigenvalue weighted by molar-refractivity contribution is 5.41. The highest BCUT2D eigenvalue weighted by Crippen LogP contribution is 2.05. The van der Waals surface area contributed by atoms with Gasteiger partial charge < -0.3 is 21.6 Å². The van der Waals surface area contributed by atoms with E-state index in [1.165, 1.54) is 0 Å². The van der Waals surface area contributed by atoms with Crippen molar-refractivity contribution in [1.82, 2.24) is 9.97 Å². The minimum absolute atomic E-state index is 0.154. The molecular weight excluding hydrogens is 208 g/mol. The predicted octanol–water partition coefficient (Wildman–Crippen LogP) is 0.327. The van der Waals surface area contributed by atoms with Crippen LogP contribution in [-0.4, -0.2) is 15.1 Å². The van der Waals surface area contributed by atoms with Crippen molar-refractivity contribution in [1.29, 1.82) is 0 Å². The summed E-state index contributed by atoms with van der Waals surface area (Å²) in [5.41, 5.74) is 10.6. The average molecular weight is 220 g/mol. The van der Waals surface area contributed by atoms with E-state index in [1.54, 1.807) is 0 Å². The van der Waals surface area contributed by atoms with Crippen LogP contribution in [0, 0.1) is 0 Å². The number of aromatic hydroxyl groups is 1. The Morgan fingerprint density at radius 2 is 1.81 bits per heavy atom. The molecule has 84 valence electrons. The van der Waals surface area contributed by atoms with E-state index in [1.807, 2.05) is 30.3 Å². The fourth-order valence-corrected chi connectivity index (χ4v) is 0.859. The first-order valence-corrected chi connectivity index (χ1v) is 4.44. The Labute approximate surface area is 91.6 Å². The number of nitrogens with zero attached hydrogens (tertiary/aromatic N) is 1. The number of nitrogen functional groups attached to an aromatic ring is 2. The van der Waals surface area contributed by atoms with Crippen LogP contribution in [0.3, 0.4) is 0 Å². The third-order valence-corrected chi connectivity index (χ3v) is 1.66. The molecule has 0 fully saturated rings. The Balaban J connectivity index is 0.000000165. The minimum atomic E-state index is -0.623. The van der Waals surface area contributed by atoms with Crippen LogP contribution in [0.4, 0.5) is 11.5 Å². The van der Waals surface area contributed by atoms with Gasteiger partial charge in [0.1, 0.15) is 0 Å². The van der Waals surface area contributed by atoms with E-state index in [0.29, 0.717) is 0 Å². The van der Waals surface area contributed by atoms with E-state index >= 15 is 0 Å². The van der Waals surface area contributed by atoms with Crippen LogP contribution in [0.2, 0.25) is 0 Å². The summed E-state index contributed by atoms with van der Waals surface area (Å²) in [6, 6.07) is 9.49. The Morgan fingerprint density at radius 3 is 2.19 bits per heavy atom. The fraction of sp³-hybridized carbons (Fsp3) is 0. The van der Waals surface area contributed by atoms with E-state index in [9.17, 15) is 4.79 Å². The first-order chi connectivity index (χ1) is 7.61. The van der Waals surface area contributed by atoms with Gasteiger partial charge in [0.2, 0.25) is 5.75 Å². The molecular formula is C10H12N4O2. The summed E-state index contributed by atoms with van der Waals surface area (Å²) in [7, 11) is 0. The molecule has 0 aliphatic heterocycles. The Hall–Kier alpha value is -2.50. The van der Waals surface area contributed by atoms with Crippen molar-refractivity contribution in [3.8, 4) is 5.75 Å². The zero-order valence-electron chi connectivity index (χ0n) is 8.42. The highest BCUT2D eigenvalue weighted by atomic mass is 16.3. The van der Waals surface area contributed by atoms with Crippen molar-refractivity contribution in [3.05, 3.63) is 47.0 Å². The number of hydrogen-bond acceptors (Lipinski definition) is 5. The monoisotopic (exact) mass is 220 g/mol. The molecule has 0 spiro atoms. The zero-order valence-corrected chi connectivity index (χ0v) is 8.42. The van der Waals surface area contributed by atoms with Crippen LogP contribution >= 0.6 is 0 Å². The molecule has 6 heteroatoms. The number of rotatable bonds is 0. The summed E-state index contributed by atoms with van der Waals surface area (Å²) in [6.45, 7) is 0. The second kappa shape index (κ2) is 5.40. The van der Waals surface area contributed by atoms with Gasteiger partial charge in [0.25, 0.3) is 5.56 Å². The molecule has 6 nitrogen and oxygen atoms in total. The Kier molecular flexibility index (Phi) is 3.90. The third-order valence-electron chi connectivity index (χ3n) is 1.66. The maximum absolute atomic E-state index is 10.4. The van der Waals surface area contributed by atoms with Crippen LogP contribution < -0.4 is 17.0 Å². The van der Waals surface area contributed by atoms with Crippen LogP contribution in [0.15, 0.2) is 41.5 Å². The van der Waals surface area contributed by atoms with Crippen molar-refractivity contribution in [2.24, 2.45) is 0 Å². The third kappa shape index (κ3) is 3.33. The summed E-state index contributed by atoms with van der Waals surface area (Å²) < 4.78 is 0. The molecule has 1 aromatic carbocycles. The van der Waals surface area contributed by atoms with Gasteiger partial charge in [0, 0.05) is 5.69 Å². The van der Waals surface area contributed by atoms with Gasteiger partial charge in [-0.2, -0.15) is 0 Å².